The van der Waals surface area contributed by atoms with Crippen molar-refractivity contribution in [2.45, 2.75) is 19.9 Å². The molecule has 2 N–H and O–H groups in total. The predicted molar refractivity (Wildman–Crippen MR) is 68.3 cm³/mol. The van der Waals surface area contributed by atoms with Gasteiger partial charge in [-0.25, -0.2) is 8.78 Å². The first-order valence-electron chi connectivity index (χ1n) is 5.76. The maximum absolute atomic E-state index is 13.8. The molecule has 0 amide bonds. The van der Waals surface area contributed by atoms with Crippen molar-refractivity contribution in [1.82, 2.24) is 0 Å². The number of aryl methyl sites for hydroxylation is 2. The zero-order valence-electron chi connectivity index (χ0n) is 10.4. The smallest absolute Gasteiger partial charge is 0.128 e. The van der Waals surface area contributed by atoms with E-state index in [4.69, 9.17) is 5.73 Å². The topological polar surface area (TPSA) is 26.0 Å². The Labute approximate surface area is 105 Å². The van der Waals surface area contributed by atoms with Gasteiger partial charge in [-0.15, -0.1) is 0 Å². The van der Waals surface area contributed by atoms with Gasteiger partial charge in [0.1, 0.15) is 11.6 Å². The van der Waals surface area contributed by atoms with Crippen molar-refractivity contribution in [2.75, 3.05) is 0 Å². The van der Waals surface area contributed by atoms with Gasteiger partial charge in [-0.2, -0.15) is 0 Å². The molecule has 0 aromatic heterocycles. The van der Waals surface area contributed by atoms with E-state index in [1.807, 2.05) is 13.0 Å². The van der Waals surface area contributed by atoms with Crippen LogP contribution in [-0.4, -0.2) is 0 Å². The van der Waals surface area contributed by atoms with Crippen LogP contribution in [0.15, 0.2) is 36.4 Å². The summed E-state index contributed by atoms with van der Waals surface area (Å²) < 4.78 is 27.0. The lowest BCUT2D eigenvalue weighted by molar-refractivity contribution is 0.596. The lowest BCUT2D eigenvalue weighted by Crippen LogP contribution is -2.14. The number of rotatable bonds is 2. The maximum Gasteiger partial charge on any atom is 0.128 e. The molecule has 0 aliphatic carbocycles. The van der Waals surface area contributed by atoms with Crippen molar-refractivity contribution in [2.24, 2.45) is 5.73 Å². The van der Waals surface area contributed by atoms with E-state index in [1.54, 1.807) is 25.1 Å². The summed E-state index contributed by atoms with van der Waals surface area (Å²) in [6.45, 7) is 3.48. The van der Waals surface area contributed by atoms with E-state index >= 15 is 0 Å². The number of halogens is 2. The van der Waals surface area contributed by atoms with E-state index in [9.17, 15) is 8.78 Å². The first kappa shape index (κ1) is 12.7. The van der Waals surface area contributed by atoms with Crippen LogP contribution in [0.2, 0.25) is 0 Å². The second-order valence-electron chi connectivity index (χ2n) is 4.51. The van der Waals surface area contributed by atoms with Crippen LogP contribution in [0.3, 0.4) is 0 Å². The van der Waals surface area contributed by atoms with Crippen LogP contribution in [0.4, 0.5) is 8.78 Å². The fourth-order valence-electron chi connectivity index (χ4n) is 1.93. The molecule has 0 saturated heterocycles. The molecule has 0 aliphatic rings. The summed E-state index contributed by atoms with van der Waals surface area (Å²) in [6.07, 6.45) is 0. The third-order valence-corrected chi connectivity index (χ3v) is 3.03. The predicted octanol–water partition coefficient (Wildman–Crippen LogP) is 3.63. The molecule has 0 aliphatic heterocycles. The Hall–Kier alpha value is -1.74. The van der Waals surface area contributed by atoms with Crippen LogP contribution in [0.1, 0.15) is 28.3 Å². The molecule has 2 aromatic rings. The SMILES string of the molecule is Cc1ccc(C(N)c2ccc(F)c(C)c2)c(F)c1. The third-order valence-electron chi connectivity index (χ3n) is 3.03. The largest absolute Gasteiger partial charge is 0.320 e. The van der Waals surface area contributed by atoms with E-state index in [-0.39, 0.29) is 11.6 Å². The van der Waals surface area contributed by atoms with Crippen molar-refractivity contribution < 1.29 is 8.78 Å². The van der Waals surface area contributed by atoms with Gasteiger partial charge in [-0.05, 0) is 42.7 Å². The summed E-state index contributed by atoms with van der Waals surface area (Å²) >= 11 is 0. The highest BCUT2D eigenvalue weighted by molar-refractivity contribution is 5.36. The minimum Gasteiger partial charge on any atom is -0.320 e. The zero-order chi connectivity index (χ0) is 13.3. The van der Waals surface area contributed by atoms with Crippen LogP contribution in [0.25, 0.3) is 0 Å². The number of hydrogen-bond donors (Lipinski definition) is 1. The molecule has 0 spiro atoms. The Morgan fingerprint density at radius 3 is 2.28 bits per heavy atom. The quantitative estimate of drug-likeness (QED) is 0.861. The summed E-state index contributed by atoms with van der Waals surface area (Å²) in [5, 5.41) is 0. The van der Waals surface area contributed by atoms with E-state index in [0.717, 1.165) is 5.56 Å². The molecule has 1 unspecified atom stereocenters. The summed E-state index contributed by atoms with van der Waals surface area (Å²) in [5.74, 6) is -0.611. The van der Waals surface area contributed by atoms with E-state index in [1.165, 1.54) is 12.1 Å². The highest BCUT2D eigenvalue weighted by Crippen LogP contribution is 2.24. The molecular weight excluding hydrogens is 232 g/mol. The van der Waals surface area contributed by atoms with Crippen molar-refractivity contribution >= 4 is 0 Å². The Morgan fingerprint density at radius 2 is 1.67 bits per heavy atom. The maximum atomic E-state index is 13.8. The molecular formula is C15H15F2N. The number of benzene rings is 2. The molecule has 0 fully saturated rings. The van der Waals surface area contributed by atoms with Crippen molar-refractivity contribution in [3.8, 4) is 0 Å². The van der Waals surface area contributed by atoms with Crippen molar-refractivity contribution in [3.63, 3.8) is 0 Å². The molecule has 18 heavy (non-hydrogen) atoms. The van der Waals surface area contributed by atoms with Crippen LogP contribution in [-0.2, 0) is 0 Å². The summed E-state index contributed by atoms with van der Waals surface area (Å²) in [5.41, 5.74) is 8.51. The zero-order valence-corrected chi connectivity index (χ0v) is 10.4. The average Bonchev–Trinajstić information content (AvgIpc) is 2.32. The number of nitrogens with two attached hydrogens (primary N) is 1. The Morgan fingerprint density at radius 1 is 0.944 bits per heavy atom. The summed E-state index contributed by atoms with van der Waals surface area (Å²) in [7, 11) is 0. The first-order valence-corrected chi connectivity index (χ1v) is 5.76. The lowest BCUT2D eigenvalue weighted by Gasteiger charge is -2.14. The van der Waals surface area contributed by atoms with E-state index in [2.05, 4.69) is 0 Å². The van der Waals surface area contributed by atoms with Crippen LogP contribution >= 0.6 is 0 Å². The second-order valence-corrected chi connectivity index (χ2v) is 4.51. The Balaban J connectivity index is 2.41. The molecule has 1 nitrogen and oxygen atoms in total. The molecule has 0 radical (unpaired) electrons. The minimum absolute atomic E-state index is 0.282. The van der Waals surface area contributed by atoms with Gasteiger partial charge in [-0.3, -0.25) is 0 Å². The second kappa shape index (κ2) is 4.86. The molecule has 2 aromatic carbocycles. The first-order chi connectivity index (χ1) is 8.49. The van der Waals surface area contributed by atoms with Gasteiger partial charge in [-0.1, -0.05) is 24.3 Å². The van der Waals surface area contributed by atoms with Gasteiger partial charge in [0, 0.05) is 5.56 Å². The lowest BCUT2D eigenvalue weighted by atomic mass is 9.97. The molecule has 0 saturated carbocycles. The minimum atomic E-state index is -0.579. The summed E-state index contributed by atoms with van der Waals surface area (Å²) in [4.78, 5) is 0. The summed E-state index contributed by atoms with van der Waals surface area (Å²) in [6, 6.07) is 8.96. The van der Waals surface area contributed by atoms with Crippen LogP contribution in [0, 0.1) is 25.5 Å². The fourth-order valence-corrected chi connectivity index (χ4v) is 1.93. The normalized spacial score (nSPS) is 12.5. The Bertz CT molecular complexity index is 579. The molecule has 0 bridgehead atoms. The van der Waals surface area contributed by atoms with E-state index < -0.39 is 6.04 Å². The highest BCUT2D eigenvalue weighted by Gasteiger charge is 2.14. The molecule has 94 valence electrons. The monoisotopic (exact) mass is 247 g/mol. The van der Waals surface area contributed by atoms with Gasteiger partial charge in [0.05, 0.1) is 6.04 Å². The van der Waals surface area contributed by atoms with Crippen molar-refractivity contribution in [3.05, 3.63) is 70.3 Å². The third kappa shape index (κ3) is 2.41. The van der Waals surface area contributed by atoms with Gasteiger partial charge in [0.25, 0.3) is 0 Å². The van der Waals surface area contributed by atoms with Crippen molar-refractivity contribution in [1.29, 1.82) is 0 Å². The standard InChI is InChI=1S/C15H15F2N/c1-9-3-5-12(14(17)7-9)15(18)11-4-6-13(16)10(2)8-11/h3-8,15H,18H2,1-2H3. The van der Waals surface area contributed by atoms with E-state index in [0.29, 0.717) is 16.7 Å². The fraction of sp³-hybridized carbons (Fsp3) is 0.200. The average molecular weight is 247 g/mol. The molecule has 1 atom stereocenters. The molecule has 0 heterocycles. The highest BCUT2D eigenvalue weighted by atomic mass is 19.1. The van der Waals surface area contributed by atoms with Gasteiger partial charge in [0.15, 0.2) is 0 Å². The van der Waals surface area contributed by atoms with Gasteiger partial charge in [0.2, 0.25) is 0 Å². The van der Waals surface area contributed by atoms with Crippen LogP contribution < -0.4 is 5.73 Å². The van der Waals surface area contributed by atoms with Gasteiger partial charge >= 0.3 is 0 Å². The molecule has 3 heteroatoms. The molecule has 2 rings (SSSR count). The number of hydrogen-bond acceptors (Lipinski definition) is 1. The Kier molecular flexibility index (Phi) is 3.43. The van der Waals surface area contributed by atoms with Gasteiger partial charge < -0.3 is 5.73 Å². The van der Waals surface area contributed by atoms with Crippen LogP contribution in [0.5, 0.6) is 0 Å².